The van der Waals surface area contributed by atoms with E-state index in [0.29, 0.717) is 40.7 Å². The van der Waals surface area contributed by atoms with Gasteiger partial charge in [-0.05, 0) is 55.7 Å². The standard InChI is InChI=1S/C19H21ClN2O4S/c1-13-11-17(18(26-2)12-16(13)20)21-19(23)14-5-7-15(8-6-14)22-9-3-4-10-27(22,24)25/h5-8,11-12H,3-4,9-10H2,1-2H3,(H,21,23). The molecule has 0 bridgehead atoms. The number of benzene rings is 2. The molecule has 1 amide bonds. The molecule has 1 aliphatic heterocycles. The zero-order valence-electron chi connectivity index (χ0n) is 15.2. The van der Waals surface area contributed by atoms with E-state index >= 15 is 0 Å². The molecule has 3 rings (SSSR count). The van der Waals surface area contributed by atoms with Crippen LogP contribution in [-0.2, 0) is 10.0 Å². The van der Waals surface area contributed by atoms with Crippen LogP contribution >= 0.6 is 11.6 Å². The minimum absolute atomic E-state index is 0.158. The van der Waals surface area contributed by atoms with Crippen molar-refractivity contribution < 1.29 is 17.9 Å². The van der Waals surface area contributed by atoms with Gasteiger partial charge in [-0.1, -0.05) is 11.6 Å². The molecule has 0 radical (unpaired) electrons. The summed E-state index contributed by atoms with van der Waals surface area (Å²) >= 11 is 6.09. The third-order valence-corrected chi connectivity index (χ3v) is 6.77. The van der Waals surface area contributed by atoms with Crippen LogP contribution in [0.2, 0.25) is 5.02 Å². The average Bonchev–Trinajstić information content (AvgIpc) is 2.64. The lowest BCUT2D eigenvalue weighted by atomic mass is 10.1. The van der Waals surface area contributed by atoms with E-state index in [0.717, 1.165) is 12.0 Å². The second-order valence-electron chi connectivity index (χ2n) is 6.40. The Kier molecular flexibility index (Phi) is 5.62. The van der Waals surface area contributed by atoms with Crippen molar-refractivity contribution in [3.8, 4) is 5.75 Å². The van der Waals surface area contributed by atoms with Gasteiger partial charge in [0.05, 0.1) is 24.2 Å². The first-order valence-corrected chi connectivity index (χ1v) is 10.6. The lowest BCUT2D eigenvalue weighted by Gasteiger charge is -2.28. The summed E-state index contributed by atoms with van der Waals surface area (Å²) in [6, 6.07) is 9.93. The monoisotopic (exact) mass is 408 g/mol. The predicted octanol–water partition coefficient (Wildman–Crippen LogP) is 3.84. The third-order valence-electron chi connectivity index (χ3n) is 4.50. The first-order valence-electron chi connectivity index (χ1n) is 8.58. The van der Waals surface area contributed by atoms with E-state index in [-0.39, 0.29) is 11.7 Å². The molecule has 1 fully saturated rings. The highest BCUT2D eigenvalue weighted by atomic mass is 35.5. The molecule has 2 aromatic carbocycles. The van der Waals surface area contributed by atoms with Gasteiger partial charge in [-0.15, -0.1) is 0 Å². The van der Waals surface area contributed by atoms with Crippen LogP contribution in [0.4, 0.5) is 11.4 Å². The summed E-state index contributed by atoms with van der Waals surface area (Å²) in [4.78, 5) is 12.6. The molecule has 0 spiro atoms. The van der Waals surface area contributed by atoms with Gasteiger partial charge in [-0.25, -0.2) is 8.42 Å². The number of aryl methyl sites for hydroxylation is 1. The molecular formula is C19H21ClN2O4S. The average molecular weight is 409 g/mol. The summed E-state index contributed by atoms with van der Waals surface area (Å²) in [6.07, 6.45) is 1.51. The molecule has 1 N–H and O–H groups in total. The van der Waals surface area contributed by atoms with Crippen LogP contribution in [-0.4, -0.2) is 33.7 Å². The number of methoxy groups -OCH3 is 1. The van der Waals surface area contributed by atoms with Crippen molar-refractivity contribution in [1.29, 1.82) is 0 Å². The SMILES string of the molecule is COc1cc(Cl)c(C)cc1NC(=O)c1ccc(N2CCCCS2(=O)=O)cc1. The second-order valence-corrected chi connectivity index (χ2v) is 8.82. The number of carbonyl (C=O) groups excluding carboxylic acids is 1. The number of halogens is 1. The number of amides is 1. The number of rotatable bonds is 4. The van der Waals surface area contributed by atoms with Crippen LogP contribution in [0.3, 0.4) is 0 Å². The van der Waals surface area contributed by atoms with Gasteiger partial charge in [-0.3, -0.25) is 9.10 Å². The van der Waals surface area contributed by atoms with E-state index < -0.39 is 10.0 Å². The molecule has 0 aliphatic carbocycles. The molecule has 1 heterocycles. The van der Waals surface area contributed by atoms with E-state index in [1.54, 1.807) is 36.4 Å². The Labute approximate surface area is 164 Å². The molecule has 0 atom stereocenters. The zero-order chi connectivity index (χ0) is 19.6. The summed E-state index contributed by atoms with van der Waals surface area (Å²) in [6.45, 7) is 2.31. The highest BCUT2D eigenvalue weighted by Crippen LogP contribution is 2.31. The molecule has 0 saturated carbocycles. The van der Waals surface area contributed by atoms with E-state index in [1.165, 1.54) is 11.4 Å². The predicted molar refractivity (Wildman–Crippen MR) is 108 cm³/mol. The number of sulfonamides is 1. The van der Waals surface area contributed by atoms with Crippen molar-refractivity contribution in [2.24, 2.45) is 0 Å². The van der Waals surface area contributed by atoms with Crippen molar-refractivity contribution >= 4 is 38.9 Å². The summed E-state index contributed by atoms with van der Waals surface area (Å²) in [7, 11) is -1.77. The Morgan fingerprint density at radius 2 is 1.89 bits per heavy atom. The topological polar surface area (TPSA) is 75.7 Å². The molecular weight excluding hydrogens is 388 g/mol. The molecule has 2 aromatic rings. The number of ether oxygens (including phenoxy) is 1. The highest BCUT2D eigenvalue weighted by Gasteiger charge is 2.26. The fourth-order valence-corrected chi connectivity index (χ4v) is 4.78. The van der Waals surface area contributed by atoms with Gasteiger partial charge >= 0.3 is 0 Å². The number of nitrogens with one attached hydrogen (secondary N) is 1. The Hall–Kier alpha value is -2.25. The number of hydrogen-bond acceptors (Lipinski definition) is 4. The van der Waals surface area contributed by atoms with Crippen molar-refractivity contribution in [3.05, 3.63) is 52.5 Å². The van der Waals surface area contributed by atoms with Gasteiger partial charge in [0.15, 0.2) is 0 Å². The summed E-state index contributed by atoms with van der Waals surface area (Å²) in [5, 5.41) is 3.36. The minimum Gasteiger partial charge on any atom is -0.495 e. The molecule has 6 nitrogen and oxygen atoms in total. The van der Waals surface area contributed by atoms with E-state index in [9.17, 15) is 13.2 Å². The quantitative estimate of drug-likeness (QED) is 0.833. The summed E-state index contributed by atoms with van der Waals surface area (Å²) < 4.78 is 31.1. The van der Waals surface area contributed by atoms with Gasteiger partial charge in [-0.2, -0.15) is 0 Å². The lowest BCUT2D eigenvalue weighted by molar-refractivity contribution is 0.102. The summed E-state index contributed by atoms with van der Waals surface area (Å²) in [5.74, 6) is 0.309. The third kappa shape index (κ3) is 4.20. The van der Waals surface area contributed by atoms with Crippen LogP contribution in [0, 0.1) is 6.92 Å². The van der Waals surface area contributed by atoms with Gasteiger partial charge in [0.1, 0.15) is 5.75 Å². The lowest BCUT2D eigenvalue weighted by Crippen LogP contribution is -2.37. The first kappa shape index (κ1) is 19.5. The maximum Gasteiger partial charge on any atom is 0.255 e. The Morgan fingerprint density at radius 3 is 2.52 bits per heavy atom. The molecule has 27 heavy (non-hydrogen) atoms. The van der Waals surface area contributed by atoms with Crippen LogP contribution in [0.1, 0.15) is 28.8 Å². The molecule has 144 valence electrons. The number of nitrogens with zero attached hydrogens (tertiary/aromatic N) is 1. The maximum absolute atomic E-state index is 12.6. The Balaban J connectivity index is 1.80. The van der Waals surface area contributed by atoms with Gasteiger partial charge < -0.3 is 10.1 Å². The molecule has 8 heteroatoms. The molecule has 0 aromatic heterocycles. The Morgan fingerprint density at radius 1 is 1.19 bits per heavy atom. The van der Waals surface area contributed by atoms with Crippen molar-refractivity contribution in [2.75, 3.05) is 29.0 Å². The van der Waals surface area contributed by atoms with Gasteiger partial charge in [0, 0.05) is 23.2 Å². The van der Waals surface area contributed by atoms with E-state index in [1.807, 2.05) is 6.92 Å². The fraction of sp³-hybridized carbons (Fsp3) is 0.316. The molecule has 1 saturated heterocycles. The normalized spacial score (nSPS) is 16.0. The smallest absolute Gasteiger partial charge is 0.255 e. The van der Waals surface area contributed by atoms with Crippen LogP contribution in [0.5, 0.6) is 5.75 Å². The van der Waals surface area contributed by atoms with Crippen LogP contribution in [0.25, 0.3) is 0 Å². The van der Waals surface area contributed by atoms with Crippen LogP contribution in [0.15, 0.2) is 36.4 Å². The van der Waals surface area contributed by atoms with E-state index in [4.69, 9.17) is 16.3 Å². The number of hydrogen-bond donors (Lipinski definition) is 1. The van der Waals surface area contributed by atoms with Gasteiger partial charge in [0.25, 0.3) is 5.91 Å². The zero-order valence-corrected chi connectivity index (χ0v) is 16.7. The molecule has 1 aliphatic rings. The maximum atomic E-state index is 12.6. The van der Waals surface area contributed by atoms with Gasteiger partial charge in [0.2, 0.25) is 10.0 Å². The van der Waals surface area contributed by atoms with Crippen LogP contribution < -0.4 is 14.4 Å². The number of anilines is 2. The molecule has 0 unspecified atom stereocenters. The van der Waals surface area contributed by atoms with Crippen molar-refractivity contribution in [3.63, 3.8) is 0 Å². The largest absolute Gasteiger partial charge is 0.495 e. The minimum atomic E-state index is -3.27. The Bertz CT molecular complexity index is 958. The van der Waals surface area contributed by atoms with E-state index in [2.05, 4.69) is 5.32 Å². The second kappa shape index (κ2) is 7.78. The first-order chi connectivity index (χ1) is 12.8. The fourth-order valence-electron chi connectivity index (χ4n) is 2.98. The number of carbonyl (C=O) groups is 1. The summed E-state index contributed by atoms with van der Waals surface area (Å²) in [5.41, 5.74) is 2.33. The van der Waals surface area contributed by atoms with Crippen molar-refractivity contribution in [2.45, 2.75) is 19.8 Å². The highest BCUT2D eigenvalue weighted by molar-refractivity contribution is 7.92. The van der Waals surface area contributed by atoms with Crippen molar-refractivity contribution in [1.82, 2.24) is 0 Å².